The van der Waals surface area contributed by atoms with Crippen LogP contribution in [0.3, 0.4) is 0 Å². The maximum atomic E-state index is 9.18. The van der Waals surface area contributed by atoms with Gasteiger partial charge in [0.25, 0.3) is 0 Å². The number of aliphatic hydroxyl groups is 1. The lowest BCUT2D eigenvalue weighted by molar-refractivity contribution is 0.143. The van der Waals surface area contributed by atoms with Crippen molar-refractivity contribution in [3.05, 3.63) is 22.6 Å². The number of hydrogen-bond acceptors (Lipinski definition) is 2. The van der Waals surface area contributed by atoms with E-state index in [1.165, 1.54) is 0 Å². The van der Waals surface area contributed by atoms with Gasteiger partial charge in [0.15, 0.2) is 0 Å². The smallest absolute Gasteiger partial charge is 0.0671 e. The third-order valence-corrected chi connectivity index (χ3v) is 1.57. The summed E-state index contributed by atoms with van der Waals surface area (Å²) in [6, 6.07) is -0.255. The van der Waals surface area contributed by atoms with E-state index in [1.54, 1.807) is 0 Å². The fourth-order valence-corrected chi connectivity index (χ4v) is 0.976. The summed E-state index contributed by atoms with van der Waals surface area (Å²) in [6.07, 6.45) is 4.59. The minimum absolute atomic E-state index is 0.255. The van der Waals surface area contributed by atoms with Crippen LogP contribution in [0.2, 0.25) is 0 Å². The average molecular weight is 139 g/mol. The Morgan fingerprint density at radius 1 is 1.50 bits per heavy atom. The Morgan fingerprint density at radius 3 is 2.80 bits per heavy atom. The van der Waals surface area contributed by atoms with Gasteiger partial charge in [-0.2, -0.15) is 0 Å². The van der Waals surface area contributed by atoms with Crippen molar-refractivity contribution in [2.75, 3.05) is 0 Å². The van der Waals surface area contributed by atoms with Crippen LogP contribution in [0.1, 0.15) is 12.8 Å². The fraction of sp³-hybridized carbons (Fsp3) is 0.667. The molecular formula is C6H9N3O. The molecule has 0 aromatic heterocycles. The molecule has 0 unspecified atom stereocenters. The maximum absolute atomic E-state index is 9.18. The van der Waals surface area contributed by atoms with Gasteiger partial charge in [0, 0.05) is 4.91 Å². The Morgan fingerprint density at radius 2 is 2.20 bits per heavy atom. The Labute approximate surface area is 58.8 Å². The molecular weight excluding hydrogens is 130 g/mol. The molecule has 0 heterocycles. The third-order valence-electron chi connectivity index (χ3n) is 1.57. The summed E-state index contributed by atoms with van der Waals surface area (Å²) in [6.45, 7) is 0. The van der Waals surface area contributed by atoms with Crippen LogP contribution in [-0.4, -0.2) is 17.3 Å². The van der Waals surface area contributed by atoms with Crippen LogP contribution in [0.15, 0.2) is 17.3 Å². The molecule has 0 bridgehead atoms. The molecule has 0 radical (unpaired) electrons. The SMILES string of the molecule is [N-]=[N+]=N[C@H]1CC=CC[C@@H]1O. The number of rotatable bonds is 1. The van der Waals surface area contributed by atoms with Gasteiger partial charge in [-0.25, -0.2) is 0 Å². The van der Waals surface area contributed by atoms with Crippen molar-refractivity contribution in [1.29, 1.82) is 0 Å². The predicted molar refractivity (Wildman–Crippen MR) is 37.3 cm³/mol. The molecule has 2 atom stereocenters. The summed E-state index contributed by atoms with van der Waals surface area (Å²) in [5.41, 5.74) is 8.06. The van der Waals surface area contributed by atoms with Crippen LogP contribution < -0.4 is 0 Å². The Bertz CT molecular complexity index is 183. The highest BCUT2D eigenvalue weighted by molar-refractivity contribution is 4.97. The zero-order chi connectivity index (χ0) is 7.40. The van der Waals surface area contributed by atoms with Gasteiger partial charge in [0.2, 0.25) is 0 Å². The summed E-state index contributed by atoms with van der Waals surface area (Å²) < 4.78 is 0. The second kappa shape index (κ2) is 3.25. The van der Waals surface area contributed by atoms with Crippen LogP contribution in [0.25, 0.3) is 10.4 Å². The highest BCUT2D eigenvalue weighted by Crippen LogP contribution is 2.14. The normalized spacial score (nSPS) is 31.3. The molecule has 1 aliphatic rings. The lowest BCUT2D eigenvalue weighted by Crippen LogP contribution is -2.24. The minimum Gasteiger partial charge on any atom is -0.392 e. The fourth-order valence-electron chi connectivity index (χ4n) is 0.976. The zero-order valence-corrected chi connectivity index (χ0v) is 5.51. The van der Waals surface area contributed by atoms with E-state index < -0.39 is 6.10 Å². The summed E-state index contributed by atoms with van der Waals surface area (Å²) >= 11 is 0. The maximum Gasteiger partial charge on any atom is 0.0671 e. The quantitative estimate of drug-likeness (QED) is 0.253. The monoisotopic (exact) mass is 139 g/mol. The van der Waals surface area contributed by atoms with Gasteiger partial charge in [0.05, 0.1) is 12.1 Å². The van der Waals surface area contributed by atoms with Crippen LogP contribution in [0.5, 0.6) is 0 Å². The van der Waals surface area contributed by atoms with Gasteiger partial charge in [0.1, 0.15) is 0 Å². The first-order chi connectivity index (χ1) is 4.84. The van der Waals surface area contributed by atoms with Gasteiger partial charge in [-0.3, -0.25) is 0 Å². The Balaban J connectivity index is 2.58. The molecule has 0 aromatic rings. The van der Waals surface area contributed by atoms with Crippen molar-refractivity contribution in [3.63, 3.8) is 0 Å². The summed E-state index contributed by atoms with van der Waals surface area (Å²) in [5.74, 6) is 0. The highest BCUT2D eigenvalue weighted by Gasteiger charge is 2.17. The molecule has 0 spiro atoms. The van der Waals surface area contributed by atoms with E-state index in [1.807, 2.05) is 12.2 Å². The largest absolute Gasteiger partial charge is 0.392 e. The Hall–Kier alpha value is -0.990. The average Bonchev–Trinajstić information content (AvgIpc) is 1.94. The lowest BCUT2D eigenvalue weighted by atomic mass is 10.00. The Kier molecular flexibility index (Phi) is 2.31. The summed E-state index contributed by atoms with van der Waals surface area (Å²) in [5, 5.41) is 12.6. The van der Waals surface area contributed by atoms with Crippen molar-refractivity contribution >= 4 is 0 Å². The second-order valence-electron chi connectivity index (χ2n) is 2.28. The van der Waals surface area contributed by atoms with E-state index in [2.05, 4.69) is 10.0 Å². The molecule has 0 aromatic carbocycles. The highest BCUT2D eigenvalue weighted by atomic mass is 16.3. The van der Waals surface area contributed by atoms with Crippen molar-refractivity contribution in [2.45, 2.75) is 25.0 Å². The minimum atomic E-state index is -0.485. The molecule has 1 aliphatic carbocycles. The molecule has 0 saturated carbocycles. The topological polar surface area (TPSA) is 69.0 Å². The molecule has 0 amide bonds. The molecule has 10 heavy (non-hydrogen) atoms. The van der Waals surface area contributed by atoms with Gasteiger partial charge in [-0.15, -0.1) is 0 Å². The van der Waals surface area contributed by atoms with E-state index in [0.29, 0.717) is 12.8 Å². The molecule has 0 saturated heterocycles. The lowest BCUT2D eigenvalue weighted by Gasteiger charge is -2.18. The molecule has 1 N–H and O–H groups in total. The van der Waals surface area contributed by atoms with Gasteiger partial charge >= 0.3 is 0 Å². The van der Waals surface area contributed by atoms with Crippen LogP contribution in [0, 0.1) is 0 Å². The molecule has 0 fully saturated rings. The third kappa shape index (κ3) is 1.50. The van der Waals surface area contributed by atoms with Crippen molar-refractivity contribution in [3.8, 4) is 0 Å². The van der Waals surface area contributed by atoms with Gasteiger partial charge in [-0.05, 0) is 18.4 Å². The first-order valence-corrected chi connectivity index (χ1v) is 3.22. The van der Waals surface area contributed by atoms with E-state index in [-0.39, 0.29) is 6.04 Å². The number of aliphatic hydroxyl groups excluding tert-OH is 1. The van der Waals surface area contributed by atoms with Crippen molar-refractivity contribution in [2.24, 2.45) is 5.11 Å². The van der Waals surface area contributed by atoms with Crippen molar-refractivity contribution in [1.82, 2.24) is 0 Å². The molecule has 0 aliphatic heterocycles. The van der Waals surface area contributed by atoms with Crippen LogP contribution >= 0.6 is 0 Å². The first kappa shape index (κ1) is 7.12. The number of azide groups is 1. The van der Waals surface area contributed by atoms with E-state index in [4.69, 9.17) is 5.53 Å². The van der Waals surface area contributed by atoms with Gasteiger partial charge < -0.3 is 5.11 Å². The molecule has 54 valence electrons. The van der Waals surface area contributed by atoms with Crippen LogP contribution in [0.4, 0.5) is 0 Å². The zero-order valence-electron chi connectivity index (χ0n) is 5.51. The van der Waals surface area contributed by atoms with E-state index in [9.17, 15) is 5.11 Å². The first-order valence-electron chi connectivity index (χ1n) is 3.22. The molecule has 1 rings (SSSR count). The van der Waals surface area contributed by atoms with E-state index >= 15 is 0 Å². The second-order valence-corrected chi connectivity index (χ2v) is 2.28. The molecule has 4 heteroatoms. The van der Waals surface area contributed by atoms with E-state index in [0.717, 1.165) is 0 Å². The predicted octanol–water partition coefficient (Wildman–Crippen LogP) is 1.38. The van der Waals surface area contributed by atoms with Gasteiger partial charge in [-0.1, -0.05) is 17.3 Å². The summed E-state index contributed by atoms with van der Waals surface area (Å²) in [7, 11) is 0. The van der Waals surface area contributed by atoms with Crippen molar-refractivity contribution < 1.29 is 5.11 Å². The standard InChI is InChI=1S/C6H9N3O/c7-9-8-5-3-1-2-4-6(5)10/h1-2,5-6,10H,3-4H2/t5-,6-/m0/s1. The molecule has 4 nitrogen and oxygen atoms in total. The number of hydrogen-bond donors (Lipinski definition) is 1. The van der Waals surface area contributed by atoms with Crippen LogP contribution in [-0.2, 0) is 0 Å². The number of nitrogens with zero attached hydrogens (tertiary/aromatic N) is 3. The summed E-state index contributed by atoms with van der Waals surface area (Å²) in [4.78, 5) is 2.64.